The third kappa shape index (κ3) is 5.43. The molecule has 0 saturated heterocycles. The normalized spacial score (nSPS) is 10.1. The highest BCUT2D eigenvalue weighted by atomic mass is 19.1. The SMILES string of the molecule is NC(=O)Cc1ccccc1NC(=O)NCCc1ccc(F)cc1. The first kappa shape index (κ1) is 16.5. The summed E-state index contributed by atoms with van der Waals surface area (Å²) in [7, 11) is 0. The third-order valence-corrected chi connectivity index (χ3v) is 3.24. The molecular formula is C17H18FN3O2. The molecule has 0 saturated carbocycles. The van der Waals surface area contributed by atoms with Crippen molar-refractivity contribution >= 4 is 17.6 Å². The van der Waals surface area contributed by atoms with Crippen molar-refractivity contribution in [3.63, 3.8) is 0 Å². The molecule has 0 heterocycles. The van der Waals surface area contributed by atoms with Gasteiger partial charge in [-0.15, -0.1) is 0 Å². The molecule has 4 N–H and O–H groups in total. The molecule has 120 valence electrons. The van der Waals surface area contributed by atoms with E-state index in [1.807, 2.05) is 0 Å². The van der Waals surface area contributed by atoms with Crippen molar-refractivity contribution in [2.45, 2.75) is 12.8 Å². The molecule has 23 heavy (non-hydrogen) atoms. The topological polar surface area (TPSA) is 84.2 Å². The molecule has 0 aliphatic carbocycles. The monoisotopic (exact) mass is 315 g/mol. The molecule has 5 nitrogen and oxygen atoms in total. The fraction of sp³-hybridized carbons (Fsp3) is 0.176. The summed E-state index contributed by atoms with van der Waals surface area (Å²) in [5.74, 6) is -0.749. The molecule has 0 atom stereocenters. The van der Waals surface area contributed by atoms with Gasteiger partial charge in [-0.05, 0) is 35.7 Å². The van der Waals surface area contributed by atoms with Crippen molar-refractivity contribution in [3.05, 3.63) is 65.5 Å². The number of nitrogens with one attached hydrogen (secondary N) is 2. The Bertz CT molecular complexity index is 686. The van der Waals surface area contributed by atoms with Gasteiger partial charge in [0.1, 0.15) is 5.82 Å². The quantitative estimate of drug-likeness (QED) is 0.763. The predicted octanol–water partition coefficient (Wildman–Crippen LogP) is 2.22. The summed E-state index contributed by atoms with van der Waals surface area (Å²) in [6.07, 6.45) is 0.655. The van der Waals surface area contributed by atoms with Crippen LogP contribution >= 0.6 is 0 Å². The summed E-state index contributed by atoms with van der Waals surface area (Å²) in [5.41, 5.74) is 7.32. The molecule has 0 spiro atoms. The van der Waals surface area contributed by atoms with E-state index < -0.39 is 5.91 Å². The molecule has 0 bridgehead atoms. The zero-order valence-electron chi connectivity index (χ0n) is 12.5. The van der Waals surface area contributed by atoms with Crippen LogP contribution in [0, 0.1) is 5.82 Å². The molecule has 0 aromatic heterocycles. The molecule has 0 unspecified atom stereocenters. The van der Waals surface area contributed by atoms with Gasteiger partial charge in [-0.25, -0.2) is 9.18 Å². The first-order valence-electron chi connectivity index (χ1n) is 7.20. The van der Waals surface area contributed by atoms with E-state index in [4.69, 9.17) is 5.73 Å². The standard InChI is InChI=1S/C17H18FN3O2/c18-14-7-5-12(6-8-14)9-10-20-17(23)21-15-4-2-1-3-13(15)11-16(19)22/h1-8H,9-11H2,(H2,19,22)(H2,20,21,23). The molecular weight excluding hydrogens is 297 g/mol. The summed E-state index contributed by atoms with van der Waals surface area (Å²) in [4.78, 5) is 22.9. The lowest BCUT2D eigenvalue weighted by molar-refractivity contribution is -0.117. The Kier molecular flexibility index (Phi) is 5.68. The van der Waals surface area contributed by atoms with Crippen molar-refractivity contribution in [1.29, 1.82) is 0 Å². The van der Waals surface area contributed by atoms with Crippen molar-refractivity contribution in [2.24, 2.45) is 5.73 Å². The Hall–Kier alpha value is -2.89. The molecule has 0 aliphatic heterocycles. The second kappa shape index (κ2) is 7.93. The lowest BCUT2D eigenvalue weighted by Crippen LogP contribution is -2.31. The highest BCUT2D eigenvalue weighted by molar-refractivity contribution is 5.91. The smallest absolute Gasteiger partial charge is 0.319 e. The molecule has 0 aliphatic rings. The molecule has 2 rings (SSSR count). The minimum atomic E-state index is -0.462. The first-order chi connectivity index (χ1) is 11.0. The zero-order chi connectivity index (χ0) is 16.7. The van der Waals surface area contributed by atoms with E-state index in [2.05, 4.69) is 10.6 Å². The van der Waals surface area contributed by atoms with E-state index in [-0.39, 0.29) is 18.3 Å². The number of hydrogen-bond donors (Lipinski definition) is 3. The van der Waals surface area contributed by atoms with Crippen LogP contribution in [0.2, 0.25) is 0 Å². The first-order valence-corrected chi connectivity index (χ1v) is 7.20. The Morgan fingerprint density at radius 1 is 1.04 bits per heavy atom. The number of para-hydroxylation sites is 1. The highest BCUT2D eigenvalue weighted by Gasteiger charge is 2.08. The number of urea groups is 1. The van der Waals surface area contributed by atoms with Gasteiger partial charge in [-0.1, -0.05) is 30.3 Å². The average Bonchev–Trinajstić information content (AvgIpc) is 2.51. The average molecular weight is 315 g/mol. The number of primary amides is 1. The van der Waals surface area contributed by atoms with Crippen LogP contribution in [0.3, 0.4) is 0 Å². The minimum absolute atomic E-state index is 0.0615. The summed E-state index contributed by atoms with van der Waals surface area (Å²) in [6.45, 7) is 0.412. The maximum absolute atomic E-state index is 12.8. The summed E-state index contributed by atoms with van der Waals surface area (Å²) in [6, 6.07) is 12.7. The Balaban J connectivity index is 1.85. The van der Waals surface area contributed by atoms with Gasteiger partial charge in [0.2, 0.25) is 5.91 Å². The van der Waals surface area contributed by atoms with Crippen LogP contribution in [0.25, 0.3) is 0 Å². The van der Waals surface area contributed by atoms with E-state index >= 15 is 0 Å². The van der Waals surface area contributed by atoms with E-state index in [0.29, 0.717) is 24.2 Å². The van der Waals surface area contributed by atoms with Crippen molar-refractivity contribution in [1.82, 2.24) is 5.32 Å². The van der Waals surface area contributed by atoms with Crippen LogP contribution < -0.4 is 16.4 Å². The summed E-state index contributed by atoms with van der Waals surface area (Å²) < 4.78 is 12.8. The van der Waals surface area contributed by atoms with Crippen molar-refractivity contribution in [3.8, 4) is 0 Å². The zero-order valence-corrected chi connectivity index (χ0v) is 12.5. The second-order valence-electron chi connectivity index (χ2n) is 5.06. The molecule has 2 aromatic carbocycles. The number of halogens is 1. The van der Waals surface area contributed by atoms with E-state index in [0.717, 1.165) is 5.56 Å². The van der Waals surface area contributed by atoms with Crippen LogP contribution in [0.5, 0.6) is 0 Å². The van der Waals surface area contributed by atoms with Gasteiger partial charge in [0.25, 0.3) is 0 Å². The maximum Gasteiger partial charge on any atom is 0.319 e. The number of carbonyl (C=O) groups is 2. The fourth-order valence-corrected chi connectivity index (χ4v) is 2.12. The third-order valence-electron chi connectivity index (χ3n) is 3.24. The molecule has 3 amide bonds. The lowest BCUT2D eigenvalue weighted by atomic mass is 10.1. The number of carbonyl (C=O) groups excluding carboxylic acids is 2. The fourth-order valence-electron chi connectivity index (χ4n) is 2.12. The van der Waals surface area contributed by atoms with Crippen LogP contribution in [0.4, 0.5) is 14.9 Å². The number of amides is 3. The largest absolute Gasteiger partial charge is 0.369 e. The summed E-state index contributed by atoms with van der Waals surface area (Å²) >= 11 is 0. The second-order valence-corrected chi connectivity index (χ2v) is 5.06. The Labute approximate surface area is 133 Å². The molecule has 0 fully saturated rings. The van der Waals surface area contributed by atoms with Gasteiger partial charge in [-0.3, -0.25) is 4.79 Å². The van der Waals surface area contributed by atoms with E-state index in [1.165, 1.54) is 12.1 Å². The number of benzene rings is 2. The molecule has 0 radical (unpaired) electrons. The van der Waals surface area contributed by atoms with Crippen molar-refractivity contribution < 1.29 is 14.0 Å². The van der Waals surface area contributed by atoms with Gasteiger partial charge in [0.15, 0.2) is 0 Å². The number of anilines is 1. The van der Waals surface area contributed by atoms with E-state index in [9.17, 15) is 14.0 Å². The van der Waals surface area contributed by atoms with Crippen LogP contribution in [-0.2, 0) is 17.6 Å². The van der Waals surface area contributed by atoms with E-state index in [1.54, 1.807) is 36.4 Å². The number of hydrogen-bond acceptors (Lipinski definition) is 2. The molecule has 2 aromatic rings. The highest BCUT2D eigenvalue weighted by Crippen LogP contribution is 2.15. The summed E-state index contributed by atoms with van der Waals surface area (Å²) in [5, 5.41) is 5.41. The Morgan fingerprint density at radius 3 is 2.43 bits per heavy atom. The van der Waals surface area contributed by atoms with Gasteiger partial charge in [-0.2, -0.15) is 0 Å². The van der Waals surface area contributed by atoms with Crippen LogP contribution in [0.1, 0.15) is 11.1 Å². The number of nitrogens with two attached hydrogens (primary N) is 1. The predicted molar refractivity (Wildman–Crippen MR) is 86.5 cm³/mol. The van der Waals surface area contributed by atoms with Crippen molar-refractivity contribution in [2.75, 3.05) is 11.9 Å². The van der Waals surface area contributed by atoms with Gasteiger partial charge in [0.05, 0.1) is 6.42 Å². The minimum Gasteiger partial charge on any atom is -0.369 e. The maximum atomic E-state index is 12.8. The van der Waals surface area contributed by atoms with Crippen LogP contribution in [0.15, 0.2) is 48.5 Å². The van der Waals surface area contributed by atoms with Gasteiger partial charge in [0, 0.05) is 12.2 Å². The van der Waals surface area contributed by atoms with Gasteiger partial charge >= 0.3 is 6.03 Å². The Morgan fingerprint density at radius 2 is 1.74 bits per heavy atom. The molecule has 6 heteroatoms. The lowest BCUT2D eigenvalue weighted by Gasteiger charge is -2.11. The van der Waals surface area contributed by atoms with Gasteiger partial charge < -0.3 is 16.4 Å². The number of rotatable bonds is 6. The van der Waals surface area contributed by atoms with Crippen LogP contribution in [-0.4, -0.2) is 18.5 Å².